The van der Waals surface area contributed by atoms with E-state index in [4.69, 9.17) is 5.73 Å². The van der Waals surface area contributed by atoms with Gasteiger partial charge in [0.1, 0.15) is 11.9 Å². The highest BCUT2D eigenvalue weighted by molar-refractivity contribution is 7.89. The Bertz CT molecular complexity index is 988. The summed E-state index contributed by atoms with van der Waals surface area (Å²) in [6, 6.07) is 12.8. The molecule has 1 fully saturated rings. The summed E-state index contributed by atoms with van der Waals surface area (Å²) in [4.78, 5) is 24.0. The summed E-state index contributed by atoms with van der Waals surface area (Å²) in [6.07, 6.45) is 0.262. The van der Waals surface area contributed by atoms with Crippen molar-refractivity contribution in [3.8, 4) is 11.1 Å². The molecule has 0 aromatic heterocycles. The fraction of sp³-hybridized carbons (Fsp3) is 0.300. The summed E-state index contributed by atoms with van der Waals surface area (Å²) in [6.45, 7) is 1.48. The van der Waals surface area contributed by atoms with E-state index < -0.39 is 27.7 Å². The van der Waals surface area contributed by atoms with E-state index in [2.05, 4.69) is 10.2 Å². The minimum Gasteiger partial charge on any atom is -0.369 e. The molecule has 0 spiro atoms. The number of carbonyl (C=O) groups is 2. The van der Waals surface area contributed by atoms with Crippen molar-refractivity contribution in [1.29, 1.82) is 0 Å². The van der Waals surface area contributed by atoms with E-state index in [9.17, 15) is 22.4 Å². The molecule has 2 amide bonds. The van der Waals surface area contributed by atoms with Crippen LogP contribution in [0.25, 0.3) is 11.1 Å². The van der Waals surface area contributed by atoms with Gasteiger partial charge in [0.2, 0.25) is 22.3 Å². The Morgan fingerprint density at radius 2 is 1.57 bits per heavy atom. The summed E-state index contributed by atoms with van der Waals surface area (Å²) in [5.74, 6) is -1.74. The number of carbonyl (C=O) groups excluding carboxylic acids is 2. The molecule has 0 bridgehead atoms. The molecule has 1 aliphatic rings. The first-order valence-corrected chi connectivity index (χ1v) is 11.0. The summed E-state index contributed by atoms with van der Waals surface area (Å²) >= 11 is 0. The van der Waals surface area contributed by atoms with E-state index in [0.29, 0.717) is 13.1 Å². The van der Waals surface area contributed by atoms with Crippen molar-refractivity contribution in [2.24, 2.45) is 5.73 Å². The topological polar surface area (TPSA) is 113 Å². The minimum atomic E-state index is -3.75. The molecule has 2 aromatic carbocycles. The molecule has 0 unspecified atom stereocenters. The Morgan fingerprint density at radius 1 is 1.03 bits per heavy atom. The third-order valence-electron chi connectivity index (χ3n) is 5.03. The average Bonchev–Trinajstić information content (AvgIpc) is 2.74. The van der Waals surface area contributed by atoms with Gasteiger partial charge in [-0.25, -0.2) is 12.8 Å². The molecule has 0 radical (unpaired) electrons. The zero-order valence-corrected chi connectivity index (χ0v) is 17.0. The predicted octanol–water partition coefficient (Wildman–Crippen LogP) is 0.544. The van der Waals surface area contributed by atoms with Crippen LogP contribution in [0.4, 0.5) is 10.1 Å². The summed E-state index contributed by atoms with van der Waals surface area (Å²) in [5.41, 5.74) is 7.97. The lowest BCUT2D eigenvalue weighted by molar-refractivity contribution is -0.122. The number of halogens is 1. The Morgan fingerprint density at radius 3 is 2.07 bits per heavy atom. The smallest absolute Gasteiger partial charge is 0.241 e. The van der Waals surface area contributed by atoms with Crippen molar-refractivity contribution in [1.82, 2.24) is 9.62 Å². The largest absolute Gasteiger partial charge is 0.369 e. The number of benzene rings is 2. The highest BCUT2D eigenvalue weighted by atomic mass is 32.2. The monoisotopic (exact) mass is 434 g/mol. The van der Waals surface area contributed by atoms with Crippen molar-refractivity contribution < 1.29 is 22.4 Å². The SMILES string of the molecule is NC(=O)[C@H](CS(=O)(=O)N1CCN(c2ccc(-c3ccc(F)cc3)cc2)CC1)NC=O. The molecule has 3 rings (SSSR count). The van der Waals surface area contributed by atoms with Gasteiger partial charge in [0.05, 0.1) is 5.75 Å². The van der Waals surface area contributed by atoms with Gasteiger partial charge in [-0.05, 0) is 35.4 Å². The van der Waals surface area contributed by atoms with Gasteiger partial charge in [-0.3, -0.25) is 9.59 Å². The van der Waals surface area contributed by atoms with Crippen LogP contribution in [0, 0.1) is 5.82 Å². The number of primary amides is 1. The molecule has 1 aliphatic heterocycles. The molecular formula is C20H23FN4O4S. The first kappa shape index (κ1) is 21.7. The number of hydrogen-bond donors (Lipinski definition) is 2. The maximum atomic E-state index is 13.1. The van der Waals surface area contributed by atoms with E-state index in [1.54, 1.807) is 12.1 Å². The Hall–Kier alpha value is -2.98. The quantitative estimate of drug-likeness (QED) is 0.589. The highest BCUT2D eigenvalue weighted by Crippen LogP contribution is 2.24. The zero-order chi connectivity index (χ0) is 21.7. The second-order valence-corrected chi connectivity index (χ2v) is 8.97. The van der Waals surface area contributed by atoms with Gasteiger partial charge >= 0.3 is 0 Å². The van der Waals surface area contributed by atoms with Crippen LogP contribution in [-0.2, 0) is 19.6 Å². The number of piperazine rings is 1. The van der Waals surface area contributed by atoms with Crippen molar-refractivity contribution >= 4 is 28.0 Å². The molecule has 0 saturated carbocycles. The van der Waals surface area contributed by atoms with E-state index >= 15 is 0 Å². The predicted molar refractivity (Wildman–Crippen MR) is 112 cm³/mol. The van der Waals surface area contributed by atoms with Crippen LogP contribution >= 0.6 is 0 Å². The summed E-state index contributed by atoms with van der Waals surface area (Å²) in [5, 5.41) is 2.14. The molecule has 10 heteroatoms. The van der Waals surface area contributed by atoms with Crippen molar-refractivity contribution in [2.45, 2.75) is 6.04 Å². The van der Waals surface area contributed by atoms with Crippen molar-refractivity contribution in [3.63, 3.8) is 0 Å². The molecule has 1 heterocycles. The van der Waals surface area contributed by atoms with Gasteiger partial charge < -0.3 is 16.0 Å². The maximum absolute atomic E-state index is 13.1. The summed E-state index contributed by atoms with van der Waals surface area (Å²) in [7, 11) is -3.75. The lowest BCUT2D eigenvalue weighted by atomic mass is 10.1. The number of amides is 2. The van der Waals surface area contributed by atoms with Crippen LogP contribution in [0.5, 0.6) is 0 Å². The van der Waals surface area contributed by atoms with E-state index in [-0.39, 0.29) is 25.3 Å². The van der Waals surface area contributed by atoms with Gasteiger partial charge in [-0.1, -0.05) is 24.3 Å². The van der Waals surface area contributed by atoms with Crippen molar-refractivity contribution in [3.05, 3.63) is 54.3 Å². The second-order valence-electron chi connectivity index (χ2n) is 6.96. The van der Waals surface area contributed by atoms with Gasteiger partial charge in [0.25, 0.3) is 0 Å². The molecule has 1 atom stereocenters. The zero-order valence-electron chi connectivity index (χ0n) is 16.2. The molecule has 0 aliphatic carbocycles. The van der Waals surface area contributed by atoms with Crippen LogP contribution in [0.3, 0.4) is 0 Å². The van der Waals surface area contributed by atoms with Crippen LogP contribution < -0.4 is 16.0 Å². The molecule has 2 aromatic rings. The number of hydrogen-bond acceptors (Lipinski definition) is 5. The van der Waals surface area contributed by atoms with E-state index in [1.807, 2.05) is 24.3 Å². The van der Waals surface area contributed by atoms with E-state index in [0.717, 1.165) is 16.8 Å². The normalized spacial score (nSPS) is 16.1. The molecule has 160 valence electrons. The molecular weight excluding hydrogens is 411 g/mol. The van der Waals surface area contributed by atoms with Gasteiger partial charge in [0, 0.05) is 31.9 Å². The molecule has 1 saturated heterocycles. The second kappa shape index (κ2) is 9.23. The third kappa shape index (κ3) is 5.14. The third-order valence-corrected chi connectivity index (χ3v) is 6.94. The molecule has 8 nitrogen and oxygen atoms in total. The van der Waals surface area contributed by atoms with Crippen LogP contribution in [-0.4, -0.2) is 63.0 Å². The van der Waals surface area contributed by atoms with Crippen LogP contribution in [0.15, 0.2) is 48.5 Å². The molecule has 3 N–H and O–H groups in total. The lowest BCUT2D eigenvalue weighted by Gasteiger charge is -2.35. The minimum absolute atomic E-state index is 0.259. The number of nitrogens with zero attached hydrogens (tertiary/aromatic N) is 2. The Balaban J connectivity index is 1.61. The fourth-order valence-electron chi connectivity index (χ4n) is 3.34. The highest BCUT2D eigenvalue weighted by Gasteiger charge is 2.31. The number of sulfonamides is 1. The lowest BCUT2D eigenvalue weighted by Crippen LogP contribution is -2.53. The first-order valence-electron chi connectivity index (χ1n) is 9.38. The maximum Gasteiger partial charge on any atom is 0.241 e. The number of nitrogens with two attached hydrogens (primary N) is 1. The number of nitrogens with one attached hydrogen (secondary N) is 1. The average molecular weight is 434 g/mol. The first-order chi connectivity index (χ1) is 14.3. The van der Waals surface area contributed by atoms with Crippen LogP contribution in [0.2, 0.25) is 0 Å². The Labute approximate surface area is 174 Å². The number of anilines is 1. The van der Waals surface area contributed by atoms with Crippen LogP contribution in [0.1, 0.15) is 0 Å². The van der Waals surface area contributed by atoms with Gasteiger partial charge in [-0.2, -0.15) is 4.31 Å². The van der Waals surface area contributed by atoms with Gasteiger partial charge in [-0.15, -0.1) is 0 Å². The van der Waals surface area contributed by atoms with Crippen molar-refractivity contribution in [2.75, 3.05) is 36.8 Å². The standard InChI is InChI=1S/C20H23FN4O4S/c21-17-5-1-15(2-6-17)16-3-7-18(8-4-16)24-9-11-25(12-10-24)30(28,29)13-19(20(22)27)23-14-26/h1-8,14,19H,9-13H2,(H2,22,27)(H,23,26)/t19-/m0/s1. The number of rotatable bonds is 8. The molecule has 30 heavy (non-hydrogen) atoms. The van der Waals surface area contributed by atoms with E-state index in [1.165, 1.54) is 16.4 Å². The summed E-state index contributed by atoms with van der Waals surface area (Å²) < 4.78 is 39.5. The van der Waals surface area contributed by atoms with Gasteiger partial charge in [0.15, 0.2) is 0 Å². The Kier molecular flexibility index (Phi) is 6.68. The fourth-order valence-corrected chi connectivity index (χ4v) is 4.95.